The van der Waals surface area contributed by atoms with Crippen molar-refractivity contribution in [2.24, 2.45) is 10.8 Å². The Balaban J connectivity index is 4.30. The average molecular weight is 214 g/mol. The van der Waals surface area contributed by atoms with E-state index in [1.54, 1.807) is 13.8 Å². The van der Waals surface area contributed by atoms with Crippen LogP contribution in [-0.2, 0) is 14.3 Å². The summed E-state index contributed by atoms with van der Waals surface area (Å²) < 4.78 is 5.16. The third kappa shape index (κ3) is 4.02. The van der Waals surface area contributed by atoms with E-state index in [1.807, 2.05) is 20.8 Å². The van der Waals surface area contributed by atoms with Crippen molar-refractivity contribution in [1.29, 1.82) is 0 Å². The fourth-order valence-corrected chi connectivity index (χ4v) is 0.687. The van der Waals surface area contributed by atoms with Gasteiger partial charge in [-0.15, -0.1) is 0 Å². The van der Waals surface area contributed by atoms with E-state index in [4.69, 9.17) is 4.74 Å². The molecule has 0 aromatic rings. The van der Waals surface area contributed by atoms with Gasteiger partial charge in [-0.25, -0.2) is 0 Å². The Bertz CT molecular complexity index is 252. The standard InChI is InChI=1S/C12H22O3/c1-7-11(3,4)10(14)15-8-12(5,6)9(2)13/h7-8H2,1-6H3. The number of rotatable bonds is 5. The van der Waals surface area contributed by atoms with Crippen LogP contribution in [0.3, 0.4) is 0 Å². The second-order valence-electron chi connectivity index (χ2n) is 5.25. The maximum Gasteiger partial charge on any atom is 0.311 e. The van der Waals surface area contributed by atoms with E-state index in [-0.39, 0.29) is 18.4 Å². The van der Waals surface area contributed by atoms with E-state index in [0.717, 1.165) is 6.42 Å². The molecule has 0 unspecified atom stereocenters. The van der Waals surface area contributed by atoms with E-state index < -0.39 is 10.8 Å². The number of carbonyl (C=O) groups is 2. The van der Waals surface area contributed by atoms with Crippen LogP contribution in [0.2, 0.25) is 0 Å². The molecule has 0 saturated carbocycles. The Morgan fingerprint density at radius 2 is 1.53 bits per heavy atom. The van der Waals surface area contributed by atoms with Crippen molar-refractivity contribution >= 4 is 11.8 Å². The second kappa shape index (κ2) is 4.77. The lowest BCUT2D eigenvalue weighted by Gasteiger charge is -2.25. The largest absolute Gasteiger partial charge is 0.464 e. The van der Waals surface area contributed by atoms with Crippen LogP contribution in [0.4, 0.5) is 0 Å². The van der Waals surface area contributed by atoms with Crippen molar-refractivity contribution in [3.8, 4) is 0 Å². The lowest BCUT2D eigenvalue weighted by molar-refractivity contribution is -0.158. The number of ether oxygens (including phenoxy) is 1. The van der Waals surface area contributed by atoms with Crippen LogP contribution in [0.1, 0.15) is 48.0 Å². The van der Waals surface area contributed by atoms with Crippen LogP contribution in [0.5, 0.6) is 0 Å². The SMILES string of the molecule is CCC(C)(C)C(=O)OCC(C)(C)C(C)=O. The van der Waals surface area contributed by atoms with Crippen LogP contribution < -0.4 is 0 Å². The lowest BCUT2D eigenvalue weighted by Crippen LogP contribution is -2.33. The molecule has 15 heavy (non-hydrogen) atoms. The molecule has 88 valence electrons. The highest BCUT2D eigenvalue weighted by Crippen LogP contribution is 2.24. The van der Waals surface area contributed by atoms with Crippen LogP contribution in [0, 0.1) is 10.8 Å². The monoisotopic (exact) mass is 214 g/mol. The van der Waals surface area contributed by atoms with Crippen molar-refractivity contribution < 1.29 is 14.3 Å². The molecule has 0 bridgehead atoms. The van der Waals surface area contributed by atoms with E-state index in [2.05, 4.69) is 0 Å². The Morgan fingerprint density at radius 3 is 1.87 bits per heavy atom. The van der Waals surface area contributed by atoms with E-state index in [0.29, 0.717) is 0 Å². The molecule has 0 aliphatic heterocycles. The molecule has 0 radical (unpaired) electrons. The van der Waals surface area contributed by atoms with Gasteiger partial charge >= 0.3 is 5.97 Å². The van der Waals surface area contributed by atoms with Crippen molar-refractivity contribution in [2.45, 2.75) is 48.0 Å². The number of carbonyl (C=O) groups excluding carboxylic acids is 2. The van der Waals surface area contributed by atoms with Crippen molar-refractivity contribution in [1.82, 2.24) is 0 Å². The molecule has 0 saturated heterocycles. The van der Waals surface area contributed by atoms with Gasteiger partial charge in [0.15, 0.2) is 0 Å². The summed E-state index contributed by atoms with van der Waals surface area (Å²) in [5.41, 5.74) is -1.05. The van der Waals surface area contributed by atoms with Gasteiger partial charge < -0.3 is 4.74 Å². The van der Waals surface area contributed by atoms with E-state index in [9.17, 15) is 9.59 Å². The summed E-state index contributed by atoms with van der Waals surface area (Å²) in [6.07, 6.45) is 0.729. The predicted molar refractivity (Wildman–Crippen MR) is 59.5 cm³/mol. The fourth-order valence-electron chi connectivity index (χ4n) is 0.687. The van der Waals surface area contributed by atoms with Gasteiger partial charge in [-0.1, -0.05) is 6.92 Å². The molecule has 0 amide bonds. The molecule has 0 fully saturated rings. The molecule has 0 aromatic heterocycles. The topological polar surface area (TPSA) is 43.4 Å². The second-order valence-corrected chi connectivity index (χ2v) is 5.25. The van der Waals surface area contributed by atoms with E-state index >= 15 is 0 Å². The Labute approximate surface area is 92.2 Å². The quantitative estimate of drug-likeness (QED) is 0.661. The molecule has 3 nitrogen and oxygen atoms in total. The molecular weight excluding hydrogens is 192 g/mol. The summed E-state index contributed by atoms with van der Waals surface area (Å²) in [5.74, 6) is -0.205. The minimum absolute atomic E-state index is 0.0320. The zero-order valence-electron chi connectivity index (χ0n) is 10.6. The summed E-state index contributed by atoms with van der Waals surface area (Å²) in [4.78, 5) is 22.8. The summed E-state index contributed by atoms with van der Waals surface area (Å²) in [6, 6.07) is 0. The van der Waals surface area contributed by atoms with Gasteiger partial charge in [-0.2, -0.15) is 0 Å². The van der Waals surface area contributed by atoms with Gasteiger partial charge in [-0.3, -0.25) is 9.59 Å². The highest BCUT2D eigenvalue weighted by Gasteiger charge is 2.31. The molecule has 0 N–H and O–H groups in total. The third-order valence-electron chi connectivity index (χ3n) is 2.95. The Morgan fingerprint density at radius 1 is 1.07 bits per heavy atom. The number of esters is 1. The highest BCUT2D eigenvalue weighted by atomic mass is 16.5. The Kier molecular flexibility index (Phi) is 4.50. The summed E-state index contributed by atoms with van der Waals surface area (Å²) in [6.45, 7) is 10.9. The van der Waals surface area contributed by atoms with Crippen LogP contribution in [-0.4, -0.2) is 18.4 Å². The van der Waals surface area contributed by atoms with Gasteiger partial charge in [0.25, 0.3) is 0 Å². The zero-order chi connectivity index (χ0) is 12.3. The minimum atomic E-state index is -0.584. The predicted octanol–water partition coefficient (Wildman–Crippen LogP) is 2.58. The summed E-state index contributed by atoms with van der Waals surface area (Å²) in [5, 5.41) is 0. The van der Waals surface area contributed by atoms with Gasteiger partial charge in [0, 0.05) is 0 Å². The van der Waals surface area contributed by atoms with Gasteiger partial charge in [-0.05, 0) is 41.0 Å². The van der Waals surface area contributed by atoms with Crippen molar-refractivity contribution in [3.63, 3.8) is 0 Å². The first-order chi connectivity index (χ1) is 6.63. The van der Waals surface area contributed by atoms with Crippen LogP contribution >= 0.6 is 0 Å². The first-order valence-corrected chi connectivity index (χ1v) is 5.32. The molecule has 0 aliphatic rings. The van der Waals surface area contributed by atoms with Crippen molar-refractivity contribution in [2.75, 3.05) is 6.61 Å². The molecule has 0 rings (SSSR count). The lowest BCUT2D eigenvalue weighted by atomic mass is 9.88. The van der Waals surface area contributed by atoms with Gasteiger partial charge in [0.05, 0.1) is 10.8 Å². The Hall–Kier alpha value is -0.860. The van der Waals surface area contributed by atoms with E-state index in [1.165, 1.54) is 6.92 Å². The zero-order valence-corrected chi connectivity index (χ0v) is 10.6. The average Bonchev–Trinajstić information content (AvgIpc) is 2.13. The molecule has 0 atom stereocenters. The number of Topliss-reactive ketones (excluding diaryl/α,β-unsaturated/α-hetero) is 1. The molecular formula is C12H22O3. The summed E-state index contributed by atoms with van der Waals surface area (Å²) >= 11 is 0. The molecule has 0 aromatic carbocycles. The molecule has 0 spiro atoms. The van der Waals surface area contributed by atoms with Crippen LogP contribution in [0.25, 0.3) is 0 Å². The summed E-state index contributed by atoms with van der Waals surface area (Å²) in [7, 11) is 0. The first-order valence-electron chi connectivity index (χ1n) is 5.32. The van der Waals surface area contributed by atoms with Gasteiger partial charge in [0.1, 0.15) is 12.4 Å². The van der Waals surface area contributed by atoms with Crippen molar-refractivity contribution in [3.05, 3.63) is 0 Å². The molecule has 0 aliphatic carbocycles. The maximum absolute atomic E-state index is 11.6. The number of hydrogen-bond acceptors (Lipinski definition) is 3. The maximum atomic E-state index is 11.6. The number of ketones is 1. The first kappa shape index (κ1) is 14.1. The molecule has 0 heterocycles. The minimum Gasteiger partial charge on any atom is -0.464 e. The third-order valence-corrected chi connectivity index (χ3v) is 2.95. The highest BCUT2D eigenvalue weighted by molar-refractivity contribution is 5.82. The van der Waals surface area contributed by atoms with Crippen LogP contribution in [0.15, 0.2) is 0 Å². The normalized spacial score (nSPS) is 12.4. The smallest absolute Gasteiger partial charge is 0.311 e. The van der Waals surface area contributed by atoms with Gasteiger partial charge in [0.2, 0.25) is 0 Å². The number of hydrogen-bond donors (Lipinski definition) is 0. The fraction of sp³-hybridized carbons (Fsp3) is 0.833. The molecule has 3 heteroatoms.